The molecular weight excluding hydrogens is 450 g/mol. The Labute approximate surface area is 201 Å². The molecule has 182 valence electrons. The number of ether oxygens (including phenoxy) is 4. The van der Waals surface area contributed by atoms with Gasteiger partial charge >= 0.3 is 5.69 Å². The maximum Gasteiger partial charge on any atom is 0.331 e. The molecular formula is C26H27N3O6. The summed E-state index contributed by atoms with van der Waals surface area (Å²) in [6.45, 7) is 0.932. The molecule has 3 heterocycles. The van der Waals surface area contributed by atoms with Crippen LogP contribution < -0.4 is 25.5 Å². The van der Waals surface area contributed by atoms with Crippen LogP contribution >= 0.6 is 0 Å². The van der Waals surface area contributed by atoms with Crippen molar-refractivity contribution in [1.29, 1.82) is 0 Å². The highest BCUT2D eigenvalue weighted by atomic mass is 16.5. The van der Waals surface area contributed by atoms with Gasteiger partial charge in [0, 0.05) is 26.2 Å². The maximum atomic E-state index is 13.5. The lowest BCUT2D eigenvalue weighted by atomic mass is 10.0. The summed E-state index contributed by atoms with van der Waals surface area (Å²) in [5.74, 6) is 1.99. The molecule has 35 heavy (non-hydrogen) atoms. The molecule has 1 unspecified atom stereocenters. The molecule has 5 rings (SSSR count). The van der Waals surface area contributed by atoms with E-state index >= 15 is 0 Å². The van der Waals surface area contributed by atoms with E-state index in [1.54, 1.807) is 28.4 Å². The second-order valence-corrected chi connectivity index (χ2v) is 8.40. The second kappa shape index (κ2) is 8.66. The van der Waals surface area contributed by atoms with Crippen LogP contribution in [0.15, 0.2) is 52.1 Å². The number of aromatic nitrogens is 3. The molecule has 2 aromatic carbocycles. The average molecular weight is 478 g/mol. The average Bonchev–Trinajstić information content (AvgIpc) is 3.26. The number of hydrogen-bond donors (Lipinski definition) is 0. The van der Waals surface area contributed by atoms with Gasteiger partial charge in [-0.2, -0.15) is 0 Å². The number of methoxy groups -OCH3 is 3. The standard InChI is InChI=1S/C26H27N3O6/c1-27-22-20(25(30)28(2)26(27)31)21(15-6-8-16(32-3)9-7-15)29-12-13-35-24(23(22)29)18-14-17(33-4)10-11-19(18)34-5/h6-11,14,24H,12-13H2,1-5H3. The van der Waals surface area contributed by atoms with Crippen molar-refractivity contribution in [1.82, 2.24) is 13.7 Å². The van der Waals surface area contributed by atoms with Crippen LogP contribution in [0.4, 0.5) is 0 Å². The first kappa shape index (κ1) is 22.8. The van der Waals surface area contributed by atoms with Gasteiger partial charge in [-0.1, -0.05) is 0 Å². The summed E-state index contributed by atoms with van der Waals surface area (Å²) >= 11 is 0. The van der Waals surface area contributed by atoms with Crippen molar-refractivity contribution in [3.8, 4) is 28.5 Å². The molecule has 0 radical (unpaired) electrons. The summed E-state index contributed by atoms with van der Waals surface area (Å²) < 4.78 is 27.5. The largest absolute Gasteiger partial charge is 0.497 e. The van der Waals surface area contributed by atoms with Gasteiger partial charge in [-0.05, 0) is 48.0 Å². The molecule has 9 heteroatoms. The summed E-state index contributed by atoms with van der Waals surface area (Å²) in [5.41, 5.74) is 2.84. The van der Waals surface area contributed by atoms with E-state index in [9.17, 15) is 9.59 Å². The zero-order valence-corrected chi connectivity index (χ0v) is 20.3. The van der Waals surface area contributed by atoms with Gasteiger partial charge in [0.05, 0.1) is 50.2 Å². The Morgan fingerprint density at radius 3 is 2.23 bits per heavy atom. The van der Waals surface area contributed by atoms with Gasteiger partial charge in [-0.3, -0.25) is 13.9 Å². The summed E-state index contributed by atoms with van der Waals surface area (Å²) in [4.78, 5) is 26.5. The quantitative estimate of drug-likeness (QED) is 0.440. The fourth-order valence-electron chi connectivity index (χ4n) is 4.91. The lowest BCUT2D eigenvalue weighted by molar-refractivity contribution is 0.0462. The number of fused-ring (bicyclic) bond motifs is 3. The first-order valence-electron chi connectivity index (χ1n) is 11.2. The van der Waals surface area contributed by atoms with Crippen LogP contribution in [0.25, 0.3) is 22.2 Å². The van der Waals surface area contributed by atoms with E-state index in [0.717, 1.165) is 27.1 Å². The minimum absolute atomic E-state index is 0.354. The van der Waals surface area contributed by atoms with Gasteiger partial charge in [0.1, 0.15) is 23.4 Å². The molecule has 0 amide bonds. The van der Waals surface area contributed by atoms with E-state index in [-0.39, 0.29) is 5.56 Å². The van der Waals surface area contributed by atoms with Gasteiger partial charge in [-0.15, -0.1) is 0 Å². The zero-order valence-electron chi connectivity index (χ0n) is 20.3. The Kier molecular flexibility index (Phi) is 5.64. The van der Waals surface area contributed by atoms with Crippen LogP contribution in [0.5, 0.6) is 17.2 Å². The van der Waals surface area contributed by atoms with Crippen LogP contribution in [0.1, 0.15) is 17.4 Å². The molecule has 0 fully saturated rings. The molecule has 0 N–H and O–H groups in total. The maximum absolute atomic E-state index is 13.5. The highest BCUT2D eigenvalue weighted by Gasteiger charge is 2.34. The molecule has 2 aromatic heterocycles. The van der Waals surface area contributed by atoms with Crippen LogP contribution in [0.2, 0.25) is 0 Å². The monoisotopic (exact) mass is 477 g/mol. The van der Waals surface area contributed by atoms with Crippen LogP contribution in [0.3, 0.4) is 0 Å². The van der Waals surface area contributed by atoms with E-state index in [1.165, 1.54) is 11.6 Å². The first-order chi connectivity index (χ1) is 16.9. The van der Waals surface area contributed by atoms with Crippen LogP contribution in [-0.2, 0) is 25.4 Å². The van der Waals surface area contributed by atoms with Crippen molar-refractivity contribution in [3.63, 3.8) is 0 Å². The van der Waals surface area contributed by atoms with Crippen molar-refractivity contribution in [2.75, 3.05) is 27.9 Å². The summed E-state index contributed by atoms with van der Waals surface area (Å²) in [6.07, 6.45) is -0.582. The molecule has 1 atom stereocenters. The second-order valence-electron chi connectivity index (χ2n) is 8.40. The van der Waals surface area contributed by atoms with Gasteiger partial charge in [0.25, 0.3) is 5.56 Å². The van der Waals surface area contributed by atoms with E-state index < -0.39 is 11.8 Å². The molecule has 4 aromatic rings. The first-order valence-corrected chi connectivity index (χ1v) is 11.2. The molecule has 1 aliphatic heterocycles. The number of benzene rings is 2. The molecule has 9 nitrogen and oxygen atoms in total. The van der Waals surface area contributed by atoms with Gasteiger partial charge in [-0.25, -0.2) is 4.79 Å². The molecule has 0 bridgehead atoms. The molecule has 0 saturated heterocycles. The highest BCUT2D eigenvalue weighted by molar-refractivity contribution is 5.96. The van der Waals surface area contributed by atoms with Crippen molar-refractivity contribution in [2.45, 2.75) is 12.6 Å². The fourth-order valence-corrected chi connectivity index (χ4v) is 4.91. The minimum atomic E-state index is -0.582. The summed E-state index contributed by atoms with van der Waals surface area (Å²) in [7, 11) is 7.98. The third-order valence-electron chi connectivity index (χ3n) is 6.64. The number of rotatable bonds is 5. The number of nitrogens with zero attached hydrogens (tertiary/aromatic N) is 3. The predicted molar refractivity (Wildman–Crippen MR) is 132 cm³/mol. The Balaban J connectivity index is 1.90. The van der Waals surface area contributed by atoms with Crippen LogP contribution in [-0.4, -0.2) is 41.6 Å². The van der Waals surface area contributed by atoms with E-state index in [0.29, 0.717) is 41.3 Å². The minimum Gasteiger partial charge on any atom is -0.497 e. The molecule has 0 saturated carbocycles. The summed E-state index contributed by atoms with van der Waals surface area (Å²) in [6, 6.07) is 13.1. The topological polar surface area (TPSA) is 85.9 Å². The fraction of sp³-hybridized carbons (Fsp3) is 0.308. The number of aryl methyl sites for hydroxylation is 1. The molecule has 1 aliphatic rings. The van der Waals surface area contributed by atoms with Crippen molar-refractivity contribution >= 4 is 10.9 Å². The van der Waals surface area contributed by atoms with Crippen LogP contribution in [0, 0.1) is 0 Å². The van der Waals surface area contributed by atoms with Gasteiger partial charge in [0.15, 0.2) is 0 Å². The van der Waals surface area contributed by atoms with Crippen molar-refractivity contribution in [2.24, 2.45) is 14.1 Å². The van der Waals surface area contributed by atoms with Crippen molar-refractivity contribution in [3.05, 3.63) is 74.6 Å². The SMILES string of the molecule is COc1ccc(-c2c3c(=O)n(C)c(=O)n(C)c3c3n2CCOC3c2cc(OC)ccc2OC)cc1. The zero-order chi connectivity index (χ0) is 24.9. The Bertz CT molecular complexity index is 1550. The third kappa shape index (κ3) is 3.42. The van der Waals surface area contributed by atoms with E-state index in [4.69, 9.17) is 18.9 Å². The van der Waals surface area contributed by atoms with E-state index in [1.807, 2.05) is 42.5 Å². The predicted octanol–water partition coefficient (Wildman–Crippen LogP) is 2.85. The third-order valence-corrected chi connectivity index (χ3v) is 6.64. The Morgan fingerprint density at radius 1 is 0.886 bits per heavy atom. The molecule has 0 spiro atoms. The summed E-state index contributed by atoms with van der Waals surface area (Å²) in [5, 5.41) is 0.465. The number of hydrogen-bond acceptors (Lipinski definition) is 6. The highest BCUT2D eigenvalue weighted by Crippen LogP contribution is 2.43. The Hall–Kier alpha value is -3.98. The lowest BCUT2D eigenvalue weighted by Crippen LogP contribution is -2.37. The van der Waals surface area contributed by atoms with Gasteiger partial charge < -0.3 is 23.5 Å². The molecule has 0 aliphatic carbocycles. The Morgan fingerprint density at radius 2 is 1.57 bits per heavy atom. The smallest absolute Gasteiger partial charge is 0.331 e. The van der Waals surface area contributed by atoms with E-state index in [2.05, 4.69) is 4.57 Å². The lowest BCUT2D eigenvalue weighted by Gasteiger charge is -2.29. The van der Waals surface area contributed by atoms with Gasteiger partial charge in [0.2, 0.25) is 0 Å². The van der Waals surface area contributed by atoms with Crippen molar-refractivity contribution < 1.29 is 18.9 Å². The normalized spacial score (nSPS) is 15.2.